The molecule has 21 heavy (non-hydrogen) atoms. The Bertz CT molecular complexity index is 485. The molecule has 0 spiro atoms. The number of amides is 1. The number of nitrogens with one attached hydrogen (secondary N) is 2. The van der Waals surface area contributed by atoms with Crippen LogP contribution in [0.3, 0.4) is 0 Å². The van der Waals surface area contributed by atoms with Crippen molar-refractivity contribution in [2.75, 3.05) is 13.1 Å². The van der Waals surface area contributed by atoms with Gasteiger partial charge in [-0.15, -0.1) is 0 Å². The number of carbonyl (C=O) groups excluding carboxylic acids is 1. The Morgan fingerprint density at radius 1 is 1.33 bits per heavy atom. The van der Waals surface area contributed by atoms with E-state index in [2.05, 4.69) is 10.6 Å². The van der Waals surface area contributed by atoms with Gasteiger partial charge in [0.15, 0.2) is 23.5 Å². The SMILES string of the molecule is CCNCc1cc(F)c(OC2CCCCNC2=O)c(F)c1. The molecule has 0 saturated carbocycles. The van der Waals surface area contributed by atoms with Gasteiger partial charge in [-0.1, -0.05) is 6.92 Å². The van der Waals surface area contributed by atoms with Crippen molar-refractivity contribution in [3.63, 3.8) is 0 Å². The maximum absolute atomic E-state index is 14.0. The van der Waals surface area contributed by atoms with Gasteiger partial charge in [-0.3, -0.25) is 4.79 Å². The third-order valence-electron chi connectivity index (χ3n) is 3.38. The highest BCUT2D eigenvalue weighted by molar-refractivity contribution is 5.81. The van der Waals surface area contributed by atoms with Crippen LogP contribution in [0.15, 0.2) is 12.1 Å². The van der Waals surface area contributed by atoms with Gasteiger partial charge in [0.25, 0.3) is 5.91 Å². The summed E-state index contributed by atoms with van der Waals surface area (Å²) in [7, 11) is 0. The van der Waals surface area contributed by atoms with E-state index in [0.29, 0.717) is 31.6 Å². The molecular formula is C15H20F2N2O2. The molecule has 0 bridgehead atoms. The summed E-state index contributed by atoms with van der Waals surface area (Å²) < 4.78 is 33.3. The van der Waals surface area contributed by atoms with Crippen LogP contribution in [-0.2, 0) is 11.3 Å². The summed E-state index contributed by atoms with van der Waals surface area (Å²) in [5, 5.41) is 5.67. The molecule has 1 atom stereocenters. The van der Waals surface area contributed by atoms with Gasteiger partial charge in [-0.05, 0) is 43.5 Å². The predicted molar refractivity (Wildman–Crippen MR) is 75.0 cm³/mol. The van der Waals surface area contributed by atoms with Crippen molar-refractivity contribution in [3.05, 3.63) is 29.3 Å². The van der Waals surface area contributed by atoms with Crippen molar-refractivity contribution < 1.29 is 18.3 Å². The lowest BCUT2D eigenvalue weighted by atomic mass is 10.1. The molecule has 1 heterocycles. The highest BCUT2D eigenvalue weighted by Gasteiger charge is 2.25. The molecule has 1 amide bonds. The number of benzene rings is 1. The first-order valence-corrected chi connectivity index (χ1v) is 7.24. The fourth-order valence-electron chi connectivity index (χ4n) is 2.26. The highest BCUT2D eigenvalue weighted by atomic mass is 19.1. The van der Waals surface area contributed by atoms with Crippen LogP contribution in [0.2, 0.25) is 0 Å². The zero-order valence-electron chi connectivity index (χ0n) is 12.0. The van der Waals surface area contributed by atoms with E-state index in [9.17, 15) is 13.6 Å². The molecule has 1 aliphatic heterocycles. The minimum absolute atomic E-state index is 0.317. The summed E-state index contributed by atoms with van der Waals surface area (Å²) in [4.78, 5) is 11.8. The minimum Gasteiger partial charge on any atom is -0.474 e. The van der Waals surface area contributed by atoms with Crippen LogP contribution in [0.1, 0.15) is 31.7 Å². The molecular weight excluding hydrogens is 278 g/mol. The zero-order valence-corrected chi connectivity index (χ0v) is 12.0. The van der Waals surface area contributed by atoms with Crippen LogP contribution in [0.4, 0.5) is 8.78 Å². The average molecular weight is 298 g/mol. The third kappa shape index (κ3) is 4.14. The van der Waals surface area contributed by atoms with Crippen LogP contribution >= 0.6 is 0 Å². The Kier molecular flexibility index (Phi) is 5.50. The number of carbonyl (C=O) groups is 1. The first kappa shape index (κ1) is 15.7. The normalized spacial score (nSPS) is 19.0. The van der Waals surface area contributed by atoms with Crippen LogP contribution in [0.25, 0.3) is 0 Å². The van der Waals surface area contributed by atoms with Crippen molar-refractivity contribution in [2.45, 2.75) is 38.8 Å². The molecule has 2 rings (SSSR count). The van der Waals surface area contributed by atoms with Crippen LogP contribution in [0, 0.1) is 11.6 Å². The lowest BCUT2D eigenvalue weighted by Crippen LogP contribution is -2.36. The number of hydrogen-bond donors (Lipinski definition) is 2. The summed E-state index contributed by atoms with van der Waals surface area (Å²) in [6, 6.07) is 2.46. The van der Waals surface area contributed by atoms with Crippen LogP contribution in [-0.4, -0.2) is 25.1 Å². The maximum atomic E-state index is 14.0. The second kappa shape index (κ2) is 7.36. The van der Waals surface area contributed by atoms with Crippen molar-refractivity contribution in [3.8, 4) is 5.75 Å². The Morgan fingerprint density at radius 2 is 2.05 bits per heavy atom. The van der Waals surface area contributed by atoms with E-state index in [4.69, 9.17) is 4.74 Å². The molecule has 1 saturated heterocycles. The summed E-state index contributed by atoms with van der Waals surface area (Å²) in [6.07, 6.45) is 1.25. The molecule has 1 unspecified atom stereocenters. The number of rotatable bonds is 5. The first-order valence-electron chi connectivity index (χ1n) is 7.24. The largest absolute Gasteiger partial charge is 0.474 e. The second-order valence-corrected chi connectivity index (χ2v) is 5.06. The molecule has 0 aliphatic carbocycles. The van der Waals surface area contributed by atoms with Gasteiger partial charge in [0.2, 0.25) is 0 Å². The summed E-state index contributed by atoms with van der Waals surface area (Å²) >= 11 is 0. The number of ether oxygens (including phenoxy) is 1. The van der Waals surface area contributed by atoms with Gasteiger partial charge < -0.3 is 15.4 Å². The molecule has 4 nitrogen and oxygen atoms in total. The molecule has 1 aromatic carbocycles. The molecule has 0 radical (unpaired) electrons. The van der Waals surface area contributed by atoms with E-state index in [1.165, 1.54) is 12.1 Å². The predicted octanol–water partition coefficient (Wildman–Crippen LogP) is 2.12. The summed E-state index contributed by atoms with van der Waals surface area (Å²) in [5.41, 5.74) is 0.504. The Labute approximate surface area is 122 Å². The topological polar surface area (TPSA) is 50.4 Å². The molecule has 116 valence electrons. The fourth-order valence-corrected chi connectivity index (χ4v) is 2.26. The summed E-state index contributed by atoms with van der Waals surface area (Å²) in [5.74, 6) is -2.35. The summed E-state index contributed by atoms with van der Waals surface area (Å²) in [6.45, 7) is 3.58. The van der Waals surface area contributed by atoms with E-state index in [1.54, 1.807) is 0 Å². The van der Waals surface area contributed by atoms with E-state index in [-0.39, 0.29) is 5.91 Å². The lowest BCUT2D eigenvalue weighted by Gasteiger charge is -2.17. The highest BCUT2D eigenvalue weighted by Crippen LogP contribution is 2.26. The lowest BCUT2D eigenvalue weighted by molar-refractivity contribution is -0.127. The van der Waals surface area contributed by atoms with Gasteiger partial charge in [0, 0.05) is 13.1 Å². The molecule has 0 aromatic heterocycles. The Hall–Kier alpha value is -1.69. The van der Waals surface area contributed by atoms with E-state index < -0.39 is 23.5 Å². The van der Waals surface area contributed by atoms with E-state index >= 15 is 0 Å². The second-order valence-electron chi connectivity index (χ2n) is 5.06. The fraction of sp³-hybridized carbons (Fsp3) is 0.533. The van der Waals surface area contributed by atoms with Crippen molar-refractivity contribution in [1.29, 1.82) is 0 Å². The third-order valence-corrected chi connectivity index (χ3v) is 3.38. The van der Waals surface area contributed by atoms with Gasteiger partial charge >= 0.3 is 0 Å². The first-order chi connectivity index (χ1) is 10.1. The average Bonchev–Trinajstić information content (AvgIpc) is 2.65. The standard InChI is InChI=1S/C15H20F2N2O2/c1-2-18-9-10-7-11(16)14(12(17)8-10)21-13-5-3-4-6-19-15(13)20/h7-8,13,18H,2-6,9H2,1H3,(H,19,20). The van der Waals surface area contributed by atoms with Crippen LogP contribution < -0.4 is 15.4 Å². The van der Waals surface area contributed by atoms with Crippen LogP contribution in [0.5, 0.6) is 5.75 Å². The van der Waals surface area contributed by atoms with Gasteiger partial charge in [-0.25, -0.2) is 8.78 Å². The van der Waals surface area contributed by atoms with E-state index in [0.717, 1.165) is 12.8 Å². The van der Waals surface area contributed by atoms with Gasteiger partial charge in [-0.2, -0.15) is 0 Å². The Balaban J connectivity index is 2.13. The molecule has 1 fully saturated rings. The van der Waals surface area contributed by atoms with E-state index in [1.807, 2.05) is 6.92 Å². The zero-order chi connectivity index (χ0) is 15.2. The van der Waals surface area contributed by atoms with Crippen molar-refractivity contribution in [2.24, 2.45) is 0 Å². The maximum Gasteiger partial charge on any atom is 0.261 e. The van der Waals surface area contributed by atoms with Gasteiger partial charge in [0.1, 0.15) is 0 Å². The molecule has 1 aromatic rings. The molecule has 1 aliphatic rings. The van der Waals surface area contributed by atoms with Crippen molar-refractivity contribution >= 4 is 5.91 Å². The van der Waals surface area contributed by atoms with Gasteiger partial charge in [0.05, 0.1) is 0 Å². The quantitative estimate of drug-likeness (QED) is 0.875. The molecule has 2 N–H and O–H groups in total. The minimum atomic E-state index is -0.837. The Morgan fingerprint density at radius 3 is 2.71 bits per heavy atom. The smallest absolute Gasteiger partial charge is 0.261 e. The monoisotopic (exact) mass is 298 g/mol. The number of halogens is 2. The number of hydrogen-bond acceptors (Lipinski definition) is 3. The molecule has 6 heteroatoms. The van der Waals surface area contributed by atoms with Crippen molar-refractivity contribution in [1.82, 2.24) is 10.6 Å².